The summed E-state index contributed by atoms with van der Waals surface area (Å²) >= 11 is 8.64. The van der Waals surface area contributed by atoms with Crippen molar-refractivity contribution in [2.45, 2.75) is 50.9 Å². The van der Waals surface area contributed by atoms with Gasteiger partial charge in [-0.25, -0.2) is 4.98 Å². The maximum atomic E-state index is 12.6. The zero-order valence-electron chi connectivity index (χ0n) is 21.8. The zero-order chi connectivity index (χ0) is 27.3. The van der Waals surface area contributed by atoms with Gasteiger partial charge in [0.05, 0.1) is 11.4 Å². The monoisotopic (exact) mass is 567 g/mol. The van der Waals surface area contributed by atoms with Crippen LogP contribution in [-0.2, 0) is 16.8 Å². The molecule has 1 atom stereocenters. The molecule has 10 heteroatoms. The van der Waals surface area contributed by atoms with E-state index >= 15 is 0 Å². The minimum Gasteiger partial charge on any atom is -0.483 e. The Morgan fingerprint density at radius 1 is 1.18 bits per heavy atom. The minimum absolute atomic E-state index is 0.0747. The third-order valence-corrected chi connectivity index (χ3v) is 7.65. The molecular weight excluding hydrogens is 538 g/mol. The molecule has 1 unspecified atom stereocenters. The van der Waals surface area contributed by atoms with Crippen molar-refractivity contribution < 1.29 is 9.53 Å². The smallest absolute Gasteiger partial charge is 0.236 e. The van der Waals surface area contributed by atoms with Gasteiger partial charge in [-0.05, 0) is 42.2 Å². The number of hydrogen-bond donors (Lipinski definition) is 1. The third kappa shape index (κ3) is 7.03. The fourth-order valence-electron chi connectivity index (χ4n) is 3.67. The van der Waals surface area contributed by atoms with Crippen molar-refractivity contribution >= 4 is 45.7 Å². The van der Waals surface area contributed by atoms with Crippen molar-refractivity contribution in [3.8, 4) is 17.0 Å². The van der Waals surface area contributed by atoms with Gasteiger partial charge < -0.3 is 10.1 Å². The number of benzene rings is 2. The van der Waals surface area contributed by atoms with E-state index in [1.54, 1.807) is 6.08 Å². The predicted molar refractivity (Wildman–Crippen MR) is 156 cm³/mol. The molecular formula is C28H30ClN5O2S2. The molecule has 0 spiro atoms. The zero-order valence-corrected chi connectivity index (χ0v) is 24.2. The van der Waals surface area contributed by atoms with E-state index in [1.807, 2.05) is 53.3 Å². The Balaban J connectivity index is 1.37. The van der Waals surface area contributed by atoms with Crippen LogP contribution in [0.3, 0.4) is 0 Å². The van der Waals surface area contributed by atoms with Crippen molar-refractivity contribution in [2.24, 2.45) is 0 Å². The SMILES string of the molecule is C=CCn1c(SCC(=O)Nc2nc(-c3ccc(Cl)cc3)cs2)nnc1C(C)Oc1ccc(C(C)(C)C)cc1. The van der Waals surface area contributed by atoms with Crippen LogP contribution in [0.2, 0.25) is 5.02 Å². The van der Waals surface area contributed by atoms with Crippen LogP contribution >= 0.6 is 34.7 Å². The molecule has 0 aliphatic heterocycles. The van der Waals surface area contributed by atoms with E-state index in [4.69, 9.17) is 16.3 Å². The van der Waals surface area contributed by atoms with E-state index < -0.39 is 0 Å². The highest BCUT2D eigenvalue weighted by atomic mass is 35.5. The molecule has 7 nitrogen and oxygen atoms in total. The molecule has 1 amide bonds. The second-order valence-corrected chi connectivity index (χ2v) is 11.9. The Kier molecular flexibility index (Phi) is 8.91. The van der Waals surface area contributed by atoms with E-state index in [1.165, 1.54) is 28.7 Å². The summed E-state index contributed by atoms with van der Waals surface area (Å²) in [7, 11) is 0. The first-order valence-electron chi connectivity index (χ1n) is 12.1. The van der Waals surface area contributed by atoms with Crippen molar-refractivity contribution in [1.29, 1.82) is 0 Å². The largest absolute Gasteiger partial charge is 0.483 e. The van der Waals surface area contributed by atoms with Crippen molar-refractivity contribution in [2.75, 3.05) is 11.1 Å². The molecule has 0 aliphatic rings. The Bertz CT molecular complexity index is 1390. The Hall–Kier alpha value is -3.14. The lowest BCUT2D eigenvalue weighted by molar-refractivity contribution is -0.113. The molecule has 4 aromatic rings. The molecule has 38 heavy (non-hydrogen) atoms. The number of carbonyl (C=O) groups is 1. The molecule has 0 saturated heterocycles. The molecule has 0 radical (unpaired) electrons. The van der Waals surface area contributed by atoms with E-state index in [2.05, 4.69) is 60.0 Å². The molecule has 2 aromatic heterocycles. The van der Waals surface area contributed by atoms with E-state index in [0.717, 1.165) is 17.0 Å². The standard InChI is InChI=1S/C28H30ClN5O2S2/c1-6-15-34-25(18(2)36-22-13-9-20(10-14-22)28(3,4)5)32-33-27(34)38-17-24(35)31-26-30-23(16-37-26)19-7-11-21(29)12-8-19/h6-14,16,18H,1,15,17H2,2-5H3,(H,30,31,35). The van der Waals surface area contributed by atoms with Gasteiger partial charge in [-0.1, -0.05) is 74.5 Å². The number of allylic oxidation sites excluding steroid dienone is 1. The Labute approximate surface area is 236 Å². The summed E-state index contributed by atoms with van der Waals surface area (Å²) in [4.78, 5) is 17.1. The molecule has 0 aliphatic carbocycles. The van der Waals surface area contributed by atoms with Crippen molar-refractivity contribution in [3.05, 3.63) is 83.0 Å². The number of thioether (sulfide) groups is 1. The summed E-state index contributed by atoms with van der Waals surface area (Å²) in [6.07, 6.45) is 1.43. The van der Waals surface area contributed by atoms with Gasteiger partial charge >= 0.3 is 0 Å². The highest BCUT2D eigenvalue weighted by Crippen LogP contribution is 2.29. The highest BCUT2D eigenvalue weighted by molar-refractivity contribution is 7.99. The number of ether oxygens (including phenoxy) is 1. The highest BCUT2D eigenvalue weighted by Gasteiger charge is 2.21. The normalized spacial score (nSPS) is 12.2. The van der Waals surface area contributed by atoms with Gasteiger partial charge in [0.2, 0.25) is 5.91 Å². The van der Waals surface area contributed by atoms with Crippen LogP contribution in [0, 0.1) is 0 Å². The lowest BCUT2D eigenvalue weighted by atomic mass is 9.87. The summed E-state index contributed by atoms with van der Waals surface area (Å²) in [6, 6.07) is 15.5. The summed E-state index contributed by atoms with van der Waals surface area (Å²) in [5.41, 5.74) is 3.04. The third-order valence-electron chi connectivity index (χ3n) is 5.68. The van der Waals surface area contributed by atoms with Crippen LogP contribution in [0.4, 0.5) is 5.13 Å². The second kappa shape index (κ2) is 12.1. The van der Waals surface area contributed by atoms with Gasteiger partial charge in [0.1, 0.15) is 5.75 Å². The molecule has 2 aromatic carbocycles. The number of carbonyl (C=O) groups excluding carboxylic acids is 1. The fraction of sp³-hybridized carbons (Fsp3) is 0.286. The van der Waals surface area contributed by atoms with Crippen LogP contribution in [0.15, 0.2) is 71.7 Å². The molecule has 2 heterocycles. The van der Waals surface area contributed by atoms with E-state index in [9.17, 15) is 4.79 Å². The number of thiazole rings is 1. The second-order valence-electron chi connectivity index (χ2n) is 9.66. The number of anilines is 1. The summed E-state index contributed by atoms with van der Waals surface area (Å²) in [5, 5.41) is 15.3. The maximum absolute atomic E-state index is 12.6. The average Bonchev–Trinajstić information content (AvgIpc) is 3.50. The molecule has 0 bridgehead atoms. The maximum Gasteiger partial charge on any atom is 0.236 e. The number of nitrogens with zero attached hydrogens (tertiary/aromatic N) is 4. The number of amides is 1. The van der Waals surface area contributed by atoms with E-state index in [0.29, 0.717) is 27.7 Å². The van der Waals surface area contributed by atoms with Gasteiger partial charge in [-0.2, -0.15) is 0 Å². The van der Waals surface area contributed by atoms with Crippen LogP contribution in [0.5, 0.6) is 5.75 Å². The Morgan fingerprint density at radius 2 is 1.89 bits per heavy atom. The molecule has 0 fully saturated rings. The number of hydrogen-bond acceptors (Lipinski definition) is 7. The average molecular weight is 568 g/mol. The van der Waals surface area contributed by atoms with Gasteiger partial charge in [-0.3, -0.25) is 9.36 Å². The molecule has 1 N–H and O–H groups in total. The van der Waals surface area contributed by atoms with Gasteiger partial charge in [0.25, 0.3) is 0 Å². The van der Waals surface area contributed by atoms with Crippen LogP contribution < -0.4 is 10.1 Å². The molecule has 4 rings (SSSR count). The minimum atomic E-state index is -0.340. The van der Waals surface area contributed by atoms with E-state index in [-0.39, 0.29) is 23.2 Å². The topological polar surface area (TPSA) is 81.9 Å². The van der Waals surface area contributed by atoms with Gasteiger partial charge in [0.15, 0.2) is 22.2 Å². The predicted octanol–water partition coefficient (Wildman–Crippen LogP) is 7.41. The van der Waals surface area contributed by atoms with Gasteiger partial charge in [0, 0.05) is 22.5 Å². The number of halogens is 1. The van der Waals surface area contributed by atoms with Crippen LogP contribution in [-0.4, -0.2) is 31.4 Å². The Morgan fingerprint density at radius 3 is 2.55 bits per heavy atom. The van der Waals surface area contributed by atoms with Crippen LogP contribution in [0.1, 0.15) is 45.2 Å². The first kappa shape index (κ1) is 27.9. The summed E-state index contributed by atoms with van der Waals surface area (Å²) < 4.78 is 8.08. The summed E-state index contributed by atoms with van der Waals surface area (Å²) in [5.74, 6) is 1.41. The first-order chi connectivity index (χ1) is 18.1. The van der Waals surface area contributed by atoms with Gasteiger partial charge in [-0.15, -0.1) is 28.1 Å². The molecule has 198 valence electrons. The lowest BCUT2D eigenvalue weighted by Gasteiger charge is -2.20. The fourth-order valence-corrected chi connectivity index (χ4v) is 5.29. The number of aromatic nitrogens is 4. The van der Waals surface area contributed by atoms with Crippen molar-refractivity contribution in [3.63, 3.8) is 0 Å². The number of nitrogens with one attached hydrogen (secondary N) is 1. The lowest BCUT2D eigenvalue weighted by Crippen LogP contribution is -2.15. The molecule has 0 saturated carbocycles. The summed E-state index contributed by atoms with van der Waals surface area (Å²) in [6.45, 7) is 12.8. The quantitative estimate of drug-likeness (QED) is 0.159. The number of rotatable bonds is 10. The first-order valence-corrected chi connectivity index (χ1v) is 14.3. The van der Waals surface area contributed by atoms with Crippen LogP contribution in [0.25, 0.3) is 11.3 Å². The van der Waals surface area contributed by atoms with Crippen molar-refractivity contribution in [1.82, 2.24) is 19.7 Å².